The van der Waals surface area contributed by atoms with Crippen LogP contribution in [-0.4, -0.2) is 10.1 Å². The van der Waals surface area contributed by atoms with Crippen molar-refractivity contribution in [2.75, 3.05) is 0 Å². The van der Waals surface area contributed by atoms with Crippen molar-refractivity contribution < 1.29 is 5.11 Å². The van der Waals surface area contributed by atoms with Gasteiger partial charge in [0.05, 0.1) is 11.8 Å². The highest BCUT2D eigenvalue weighted by Crippen LogP contribution is 2.27. The summed E-state index contributed by atoms with van der Waals surface area (Å²) in [5, 5.41) is 9.32. The summed E-state index contributed by atoms with van der Waals surface area (Å²) in [7, 11) is 0. The van der Waals surface area contributed by atoms with Crippen LogP contribution >= 0.6 is 0 Å². The lowest BCUT2D eigenvalue weighted by atomic mass is 10.2. The Hall–Kier alpha value is -0.890. The maximum Gasteiger partial charge on any atom is 0.0965 e. The van der Waals surface area contributed by atoms with Crippen LogP contribution in [0, 0.1) is 0 Å². The van der Waals surface area contributed by atoms with Gasteiger partial charge in [0.1, 0.15) is 0 Å². The van der Waals surface area contributed by atoms with Crippen molar-refractivity contribution in [2.45, 2.75) is 18.9 Å². The van der Waals surface area contributed by atoms with E-state index in [1.807, 2.05) is 12.1 Å². The average molecular weight is 135 g/mol. The minimum atomic E-state index is -0.309. The van der Waals surface area contributed by atoms with Gasteiger partial charge in [0, 0.05) is 6.20 Å². The van der Waals surface area contributed by atoms with Crippen LogP contribution in [-0.2, 0) is 6.42 Å². The highest BCUT2D eigenvalue weighted by Gasteiger charge is 2.20. The molecule has 1 aliphatic carbocycles. The Bertz CT molecular complexity index is 247. The van der Waals surface area contributed by atoms with Gasteiger partial charge in [-0.3, -0.25) is 4.98 Å². The molecule has 0 unspecified atom stereocenters. The van der Waals surface area contributed by atoms with Crippen molar-refractivity contribution in [3.63, 3.8) is 0 Å². The summed E-state index contributed by atoms with van der Waals surface area (Å²) >= 11 is 0. The molecule has 0 aromatic carbocycles. The molecule has 0 fully saturated rings. The van der Waals surface area contributed by atoms with Crippen LogP contribution in [0.2, 0.25) is 0 Å². The number of rotatable bonds is 0. The second-order valence-corrected chi connectivity index (χ2v) is 2.60. The first-order valence-corrected chi connectivity index (χ1v) is 3.50. The maximum absolute atomic E-state index is 9.32. The van der Waals surface area contributed by atoms with Gasteiger partial charge in [-0.15, -0.1) is 0 Å². The molecule has 1 aromatic rings. The minimum Gasteiger partial charge on any atom is -0.387 e. The standard InChI is InChI=1S/C8H9NO/c10-7-4-3-6-2-1-5-9-8(6)7/h1-2,5,7,10H,3-4H2/t7-/m1/s1. The molecule has 0 aliphatic heterocycles. The highest BCUT2D eigenvalue weighted by molar-refractivity contribution is 5.26. The van der Waals surface area contributed by atoms with E-state index in [1.165, 1.54) is 5.56 Å². The van der Waals surface area contributed by atoms with Crippen molar-refractivity contribution in [2.24, 2.45) is 0 Å². The first-order chi connectivity index (χ1) is 4.88. The SMILES string of the molecule is O[C@@H]1CCc2cccnc21. The number of pyridine rings is 1. The molecule has 1 aromatic heterocycles. The minimum absolute atomic E-state index is 0.309. The number of aromatic nitrogens is 1. The quantitative estimate of drug-likeness (QED) is 0.577. The summed E-state index contributed by atoms with van der Waals surface area (Å²) in [6.45, 7) is 0. The topological polar surface area (TPSA) is 33.1 Å². The lowest BCUT2D eigenvalue weighted by Crippen LogP contribution is -1.92. The van der Waals surface area contributed by atoms with Gasteiger partial charge in [0.25, 0.3) is 0 Å². The third kappa shape index (κ3) is 0.727. The van der Waals surface area contributed by atoms with E-state index in [0.29, 0.717) is 0 Å². The van der Waals surface area contributed by atoms with E-state index in [0.717, 1.165) is 18.5 Å². The van der Waals surface area contributed by atoms with E-state index in [-0.39, 0.29) is 6.10 Å². The zero-order chi connectivity index (χ0) is 6.97. The van der Waals surface area contributed by atoms with Crippen molar-refractivity contribution in [1.82, 2.24) is 4.98 Å². The van der Waals surface area contributed by atoms with Crippen molar-refractivity contribution in [3.05, 3.63) is 29.6 Å². The molecule has 2 rings (SSSR count). The number of hydrogen-bond donors (Lipinski definition) is 1. The number of fused-ring (bicyclic) bond motifs is 1. The number of aliphatic hydroxyl groups is 1. The zero-order valence-corrected chi connectivity index (χ0v) is 5.62. The fourth-order valence-electron chi connectivity index (χ4n) is 1.39. The van der Waals surface area contributed by atoms with Gasteiger partial charge in [0.15, 0.2) is 0 Å². The number of hydrogen-bond acceptors (Lipinski definition) is 2. The fraction of sp³-hybridized carbons (Fsp3) is 0.375. The lowest BCUT2D eigenvalue weighted by molar-refractivity contribution is 0.176. The summed E-state index contributed by atoms with van der Waals surface area (Å²) in [5.41, 5.74) is 2.08. The predicted octanol–water partition coefficient (Wildman–Crippen LogP) is 1.06. The normalized spacial score (nSPS) is 22.7. The lowest BCUT2D eigenvalue weighted by Gasteiger charge is -1.99. The second kappa shape index (κ2) is 2.06. The van der Waals surface area contributed by atoms with E-state index in [9.17, 15) is 5.11 Å². The highest BCUT2D eigenvalue weighted by atomic mass is 16.3. The summed E-state index contributed by atoms with van der Waals surface area (Å²) in [4.78, 5) is 4.09. The van der Waals surface area contributed by atoms with Gasteiger partial charge in [-0.05, 0) is 24.5 Å². The molecule has 2 nitrogen and oxygen atoms in total. The molecule has 1 aliphatic rings. The van der Waals surface area contributed by atoms with Crippen LogP contribution in [0.4, 0.5) is 0 Å². The Morgan fingerprint density at radius 3 is 3.30 bits per heavy atom. The third-order valence-corrected chi connectivity index (χ3v) is 1.93. The first kappa shape index (κ1) is 5.86. The Morgan fingerprint density at radius 1 is 1.60 bits per heavy atom. The van der Waals surface area contributed by atoms with Crippen LogP contribution in [0.25, 0.3) is 0 Å². The van der Waals surface area contributed by atoms with Gasteiger partial charge in [-0.2, -0.15) is 0 Å². The summed E-state index contributed by atoms with van der Waals surface area (Å²) < 4.78 is 0. The number of nitrogens with zero attached hydrogens (tertiary/aromatic N) is 1. The molecule has 1 atom stereocenters. The Kier molecular flexibility index (Phi) is 1.21. The van der Waals surface area contributed by atoms with E-state index in [1.54, 1.807) is 6.20 Å². The van der Waals surface area contributed by atoms with Crippen LogP contribution in [0.15, 0.2) is 18.3 Å². The van der Waals surface area contributed by atoms with E-state index < -0.39 is 0 Å². The molecule has 0 radical (unpaired) electrons. The van der Waals surface area contributed by atoms with Gasteiger partial charge < -0.3 is 5.11 Å². The maximum atomic E-state index is 9.32. The Balaban J connectivity index is 2.51. The number of aryl methyl sites for hydroxylation is 1. The first-order valence-electron chi connectivity index (χ1n) is 3.50. The van der Waals surface area contributed by atoms with Crippen molar-refractivity contribution >= 4 is 0 Å². The summed E-state index contributed by atoms with van der Waals surface area (Å²) in [6.07, 6.45) is 3.24. The predicted molar refractivity (Wildman–Crippen MR) is 37.5 cm³/mol. The largest absolute Gasteiger partial charge is 0.387 e. The molecule has 52 valence electrons. The summed E-state index contributed by atoms with van der Waals surface area (Å²) in [6, 6.07) is 3.94. The summed E-state index contributed by atoms with van der Waals surface area (Å²) in [5.74, 6) is 0. The third-order valence-electron chi connectivity index (χ3n) is 1.93. The molecule has 1 N–H and O–H groups in total. The molecule has 0 amide bonds. The number of aliphatic hydroxyl groups excluding tert-OH is 1. The van der Waals surface area contributed by atoms with Crippen LogP contribution in [0.5, 0.6) is 0 Å². The Labute approximate surface area is 59.5 Å². The van der Waals surface area contributed by atoms with Gasteiger partial charge in [-0.1, -0.05) is 6.07 Å². The molecule has 0 spiro atoms. The average Bonchev–Trinajstić information content (AvgIpc) is 2.34. The van der Waals surface area contributed by atoms with Crippen molar-refractivity contribution in [1.29, 1.82) is 0 Å². The molecular formula is C8H9NO. The molecule has 0 saturated carbocycles. The van der Waals surface area contributed by atoms with Crippen LogP contribution in [0.3, 0.4) is 0 Å². The second-order valence-electron chi connectivity index (χ2n) is 2.60. The molecule has 0 saturated heterocycles. The zero-order valence-electron chi connectivity index (χ0n) is 5.62. The smallest absolute Gasteiger partial charge is 0.0965 e. The molecule has 2 heteroatoms. The molecule has 10 heavy (non-hydrogen) atoms. The molecular weight excluding hydrogens is 126 g/mol. The van der Waals surface area contributed by atoms with E-state index >= 15 is 0 Å². The fourth-order valence-corrected chi connectivity index (χ4v) is 1.39. The van der Waals surface area contributed by atoms with Gasteiger partial charge in [0.2, 0.25) is 0 Å². The van der Waals surface area contributed by atoms with E-state index in [2.05, 4.69) is 4.98 Å². The van der Waals surface area contributed by atoms with Gasteiger partial charge in [-0.25, -0.2) is 0 Å². The monoisotopic (exact) mass is 135 g/mol. The Morgan fingerprint density at radius 2 is 2.50 bits per heavy atom. The van der Waals surface area contributed by atoms with Crippen LogP contribution in [0.1, 0.15) is 23.8 Å². The van der Waals surface area contributed by atoms with E-state index in [4.69, 9.17) is 0 Å². The molecule has 0 bridgehead atoms. The van der Waals surface area contributed by atoms with Crippen LogP contribution < -0.4 is 0 Å². The van der Waals surface area contributed by atoms with Crippen molar-refractivity contribution in [3.8, 4) is 0 Å². The molecule has 1 heterocycles. The van der Waals surface area contributed by atoms with Gasteiger partial charge >= 0.3 is 0 Å².